The number of amides is 1. The molecule has 0 saturated heterocycles. The molecule has 0 bridgehead atoms. The molecule has 0 aliphatic heterocycles. The quantitative estimate of drug-likeness (QED) is 0.677. The molecule has 0 unspecified atom stereocenters. The number of carbonyl (C=O) groups excluding carboxylic acids is 1. The summed E-state index contributed by atoms with van der Waals surface area (Å²) in [5.74, 6) is -0.340. The molecule has 7 nitrogen and oxygen atoms in total. The van der Waals surface area contributed by atoms with Gasteiger partial charge in [-0.05, 0) is 17.0 Å². The van der Waals surface area contributed by atoms with Crippen LogP contribution in [0.5, 0.6) is 0 Å². The molecular formula is C18H18N4O3S. The zero-order valence-corrected chi connectivity index (χ0v) is 14.7. The van der Waals surface area contributed by atoms with Crippen molar-refractivity contribution in [2.45, 2.75) is 19.6 Å². The summed E-state index contributed by atoms with van der Waals surface area (Å²) in [4.78, 5) is 37.9. The second-order valence-electron chi connectivity index (χ2n) is 5.70. The summed E-state index contributed by atoms with van der Waals surface area (Å²) in [6.45, 7) is 0.235. The van der Waals surface area contributed by atoms with Crippen LogP contribution in [-0.2, 0) is 24.4 Å². The number of nitrogen functional groups attached to an aromatic ring is 1. The first-order valence-corrected chi connectivity index (χ1v) is 8.85. The lowest BCUT2D eigenvalue weighted by atomic mass is 10.2. The van der Waals surface area contributed by atoms with E-state index in [0.717, 1.165) is 21.1 Å². The highest BCUT2D eigenvalue weighted by Gasteiger charge is 2.13. The smallest absolute Gasteiger partial charge is 0.333 e. The van der Waals surface area contributed by atoms with Crippen molar-refractivity contribution in [3.05, 3.63) is 85.2 Å². The monoisotopic (exact) mass is 370 g/mol. The van der Waals surface area contributed by atoms with Gasteiger partial charge in [0.15, 0.2) is 0 Å². The molecule has 2 heterocycles. The van der Waals surface area contributed by atoms with Gasteiger partial charge >= 0.3 is 5.69 Å². The molecule has 3 rings (SSSR count). The Labute approximate surface area is 153 Å². The van der Waals surface area contributed by atoms with Gasteiger partial charge in [-0.3, -0.25) is 18.7 Å². The lowest BCUT2D eigenvalue weighted by molar-refractivity contribution is -0.121. The standard InChI is InChI=1S/C18H18N4O3S/c19-15-9-17(24)22(12-16(23)20-10-14-7-4-8-26-14)18(25)21(15)11-13-5-2-1-3-6-13/h1-9H,10-12,19H2,(H,20,23). The van der Waals surface area contributed by atoms with E-state index < -0.39 is 17.2 Å². The number of nitrogens with zero attached hydrogens (tertiary/aromatic N) is 2. The molecule has 26 heavy (non-hydrogen) atoms. The molecule has 3 aromatic rings. The highest BCUT2D eigenvalue weighted by Crippen LogP contribution is 2.07. The molecule has 0 aliphatic rings. The van der Waals surface area contributed by atoms with Gasteiger partial charge in [-0.15, -0.1) is 11.3 Å². The summed E-state index contributed by atoms with van der Waals surface area (Å²) in [7, 11) is 0. The third kappa shape index (κ3) is 4.09. The second kappa shape index (κ2) is 7.83. The van der Waals surface area contributed by atoms with E-state index in [0.29, 0.717) is 6.54 Å². The van der Waals surface area contributed by atoms with E-state index in [-0.39, 0.29) is 18.9 Å². The van der Waals surface area contributed by atoms with Crippen LogP contribution in [0.15, 0.2) is 63.5 Å². The normalized spacial score (nSPS) is 10.6. The van der Waals surface area contributed by atoms with Crippen molar-refractivity contribution in [3.8, 4) is 0 Å². The van der Waals surface area contributed by atoms with Crippen molar-refractivity contribution < 1.29 is 4.79 Å². The number of hydrogen-bond acceptors (Lipinski definition) is 5. The van der Waals surface area contributed by atoms with Crippen LogP contribution >= 0.6 is 11.3 Å². The molecule has 134 valence electrons. The third-order valence-electron chi connectivity index (χ3n) is 3.84. The highest BCUT2D eigenvalue weighted by atomic mass is 32.1. The SMILES string of the molecule is Nc1cc(=O)n(CC(=O)NCc2cccs2)c(=O)n1Cc1ccccc1. The molecule has 0 spiro atoms. The number of nitrogens with two attached hydrogens (primary N) is 1. The first-order valence-electron chi connectivity index (χ1n) is 7.98. The number of hydrogen-bond donors (Lipinski definition) is 2. The van der Waals surface area contributed by atoms with E-state index in [4.69, 9.17) is 5.73 Å². The minimum atomic E-state index is -0.606. The van der Waals surface area contributed by atoms with Crippen molar-refractivity contribution >= 4 is 23.1 Å². The number of nitrogens with one attached hydrogen (secondary N) is 1. The minimum absolute atomic E-state index is 0.0686. The van der Waals surface area contributed by atoms with Crippen molar-refractivity contribution in [1.82, 2.24) is 14.5 Å². The molecule has 0 radical (unpaired) electrons. The molecule has 0 aliphatic carbocycles. The second-order valence-corrected chi connectivity index (χ2v) is 6.74. The maximum atomic E-state index is 12.7. The van der Waals surface area contributed by atoms with Gasteiger partial charge < -0.3 is 11.1 Å². The topological polar surface area (TPSA) is 99.1 Å². The van der Waals surface area contributed by atoms with Crippen molar-refractivity contribution in [2.24, 2.45) is 0 Å². The van der Waals surface area contributed by atoms with Gasteiger partial charge in [-0.1, -0.05) is 36.4 Å². The predicted octanol–water partition coefficient (Wildman–Crippen LogP) is 1.02. The summed E-state index contributed by atoms with van der Waals surface area (Å²) in [6.07, 6.45) is 0. The fraction of sp³-hybridized carbons (Fsp3) is 0.167. The Balaban J connectivity index is 1.80. The van der Waals surface area contributed by atoms with Crippen molar-refractivity contribution in [3.63, 3.8) is 0 Å². The Bertz CT molecular complexity index is 1010. The van der Waals surface area contributed by atoms with Gasteiger partial charge in [0.2, 0.25) is 5.91 Å². The Hall–Kier alpha value is -3.13. The van der Waals surface area contributed by atoms with Crippen LogP contribution in [0.1, 0.15) is 10.4 Å². The summed E-state index contributed by atoms with van der Waals surface area (Å²) < 4.78 is 2.17. The summed E-state index contributed by atoms with van der Waals surface area (Å²) in [5, 5.41) is 4.62. The maximum Gasteiger partial charge on any atom is 0.333 e. The first-order chi connectivity index (χ1) is 12.5. The van der Waals surface area contributed by atoms with Gasteiger partial charge in [0.1, 0.15) is 12.4 Å². The lowest BCUT2D eigenvalue weighted by Gasteiger charge is -2.13. The zero-order chi connectivity index (χ0) is 18.5. The Morgan fingerprint density at radius 2 is 1.85 bits per heavy atom. The molecule has 2 aromatic heterocycles. The molecule has 0 saturated carbocycles. The van der Waals surface area contributed by atoms with E-state index in [1.807, 2.05) is 47.8 Å². The van der Waals surface area contributed by atoms with Gasteiger partial charge in [0.25, 0.3) is 5.56 Å². The molecule has 0 atom stereocenters. The fourth-order valence-corrected chi connectivity index (χ4v) is 3.15. The largest absolute Gasteiger partial charge is 0.385 e. The van der Waals surface area contributed by atoms with Crippen LogP contribution in [0.2, 0.25) is 0 Å². The number of benzene rings is 1. The number of carbonyl (C=O) groups is 1. The summed E-state index contributed by atoms with van der Waals surface area (Å²) >= 11 is 1.52. The lowest BCUT2D eigenvalue weighted by Crippen LogP contribution is -2.44. The highest BCUT2D eigenvalue weighted by molar-refractivity contribution is 7.09. The maximum absolute atomic E-state index is 12.7. The summed E-state index contributed by atoms with van der Waals surface area (Å²) in [6, 6.07) is 14.2. The van der Waals surface area contributed by atoms with Crippen LogP contribution in [0.3, 0.4) is 0 Å². The Morgan fingerprint density at radius 1 is 1.08 bits per heavy atom. The first kappa shape index (κ1) is 17.7. The van der Waals surface area contributed by atoms with Crippen LogP contribution in [-0.4, -0.2) is 15.0 Å². The zero-order valence-electron chi connectivity index (χ0n) is 13.9. The van der Waals surface area contributed by atoms with Crippen LogP contribution in [0.25, 0.3) is 0 Å². The average molecular weight is 370 g/mol. The van der Waals surface area contributed by atoms with Gasteiger partial charge in [0, 0.05) is 10.9 Å². The van der Waals surface area contributed by atoms with E-state index in [9.17, 15) is 14.4 Å². The number of aromatic nitrogens is 2. The number of thiophene rings is 1. The molecule has 8 heteroatoms. The van der Waals surface area contributed by atoms with Gasteiger partial charge in [0.05, 0.1) is 13.1 Å². The molecule has 3 N–H and O–H groups in total. The van der Waals surface area contributed by atoms with E-state index in [1.54, 1.807) is 0 Å². The van der Waals surface area contributed by atoms with E-state index in [1.165, 1.54) is 15.9 Å². The molecule has 1 amide bonds. The fourth-order valence-electron chi connectivity index (χ4n) is 2.50. The Morgan fingerprint density at radius 3 is 2.54 bits per heavy atom. The third-order valence-corrected chi connectivity index (χ3v) is 4.71. The van der Waals surface area contributed by atoms with E-state index in [2.05, 4.69) is 5.32 Å². The van der Waals surface area contributed by atoms with Gasteiger partial charge in [-0.25, -0.2) is 4.79 Å². The van der Waals surface area contributed by atoms with Crippen molar-refractivity contribution in [1.29, 1.82) is 0 Å². The van der Waals surface area contributed by atoms with Crippen LogP contribution < -0.4 is 22.3 Å². The molecule has 1 aromatic carbocycles. The van der Waals surface area contributed by atoms with Gasteiger partial charge in [-0.2, -0.15) is 0 Å². The van der Waals surface area contributed by atoms with E-state index >= 15 is 0 Å². The van der Waals surface area contributed by atoms with Crippen LogP contribution in [0, 0.1) is 0 Å². The van der Waals surface area contributed by atoms with Crippen molar-refractivity contribution in [2.75, 3.05) is 5.73 Å². The number of rotatable bonds is 6. The van der Waals surface area contributed by atoms with Crippen LogP contribution in [0.4, 0.5) is 5.82 Å². The Kier molecular flexibility index (Phi) is 5.33. The average Bonchev–Trinajstić information content (AvgIpc) is 3.15. The summed E-state index contributed by atoms with van der Waals surface area (Å²) in [5.41, 5.74) is 5.51. The molecule has 0 fully saturated rings. The number of anilines is 1. The minimum Gasteiger partial charge on any atom is -0.385 e. The molecular weight excluding hydrogens is 352 g/mol. The predicted molar refractivity (Wildman–Crippen MR) is 101 cm³/mol.